The Kier molecular flexibility index (Phi) is 8.39. The first-order chi connectivity index (χ1) is 17.2. The normalized spacial score (nSPS) is 18.0. The molecule has 1 aliphatic rings. The molecule has 2 atom stereocenters. The van der Waals surface area contributed by atoms with Crippen LogP contribution < -0.4 is 4.90 Å². The Morgan fingerprint density at radius 2 is 2.06 bits per heavy atom. The molecule has 0 aliphatic carbocycles. The van der Waals surface area contributed by atoms with Crippen molar-refractivity contribution < 1.29 is 19.1 Å². The highest BCUT2D eigenvalue weighted by Crippen LogP contribution is 2.38. The van der Waals surface area contributed by atoms with Crippen molar-refractivity contribution in [3.63, 3.8) is 0 Å². The van der Waals surface area contributed by atoms with Crippen molar-refractivity contribution in [1.29, 1.82) is 0 Å². The summed E-state index contributed by atoms with van der Waals surface area (Å²) in [6, 6.07) is 0. The zero-order chi connectivity index (χ0) is 26.0. The number of nitrogens with one attached hydrogen (secondary N) is 1. The number of hydrogen-bond acceptors (Lipinski definition) is 8. The van der Waals surface area contributed by atoms with Crippen LogP contribution in [0.5, 0.6) is 0 Å². The standard InChI is InChI=1S/C24H29Cl2N5O4S/c1-13-12-31(7-5-15(13)11-16(32)19-18(26)17(25)14(2)28-19)24-29-20(21(36-24)23(33)35-4)22-27-6-8-30(22)9-10-34-3/h6,8,13,15,28H,5,7,9-12H2,1-4H3/t13-,15-/m0/s1. The monoisotopic (exact) mass is 553 g/mol. The summed E-state index contributed by atoms with van der Waals surface area (Å²) in [6.07, 6.45) is 4.71. The van der Waals surface area contributed by atoms with E-state index in [1.54, 1.807) is 20.2 Å². The van der Waals surface area contributed by atoms with Crippen molar-refractivity contribution in [1.82, 2.24) is 19.5 Å². The summed E-state index contributed by atoms with van der Waals surface area (Å²) in [5.41, 5.74) is 1.57. The summed E-state index contributed by atoms with van der Waals surface area (Å²) < 4.78 is 12.1. The van der Waals surface area contributed by atoms with E-state index < -0.39 is 5.97 Å². The summed E-state index contributed by atoms with van der Waals surface area (Å²) in [6.45, 7) is 6.45. The van der Waals surface area contributed by atoms with Gasteiger partial charge in [0.2, 0.25) is 0 Å². The molecule has 0 spiro atoms. The van der Waals surface area contributed by atoms with Crippen molar-refractivity contribution in [2.75, 3.05) is 38.8 Å². The number of Topliss-reactive ketones (excluding diaryl/α,β-unsaturated/α-hetero) is 1. The number of hydrogen-bond donors (Lipinski definition) is 1. The second-order valence-electron chi connectivity index (χ2n) is 8.96. The first-order valence-electron chi connectivity index (χ1n) is 11.7. The fraction of sp³-hybridized carbons (Fsp3) is 0.500. The largest absolute Gasteiger partial charge is 0.465 e. The van der Waals surface area contributed by atoms with Gasteiger partial charge in [0.05, 0.1) is 23.8 Å². The average Bonchev–Trinajstić information content (AvgIpc) is 3.58. The van der Waals surface area contributed by atoms with Gasteiger partial charge in [0, 0.05) is 51.3 Å². The molecular weight excluding hydrogens is 525 g/mol. The van der Waals surface area contributed by atoms with Crippen molar-refractivity contribution in [2.24, 2.45) is 11.8 Å². The summed E-state index contributed by atoms with van der Waals surface area (Å²) >= 11 is 13.7. The van der Waals surface area contributed by atoms with E-state index in [-0.39, 0.29) is 17.6 Å². The number of halogens is 2. The molecule has 3 aromatic heterocycles. The quantitative estimate of drug-likeness (QED) is 0.289. The maximum Gasteiger partial charge on any atom is 0.350 e. The molecule has 9 nitrogen and oxygen atoms in total. The van der Waals surface area contributed by atoms with Crippen LogP contribution in [0.4, 0.5) is 5.13 Å². The molecule has 1 saturated heterocycles. The molecule has 0 saturated carbocycles. The van der Waals surface area contributed by atoms with Crippen molar-refractivity contribution in [3.8, 4) is 11.5 Å². The van der Waals surface area contributed by atoms with E-state index in [9.17, 15) is 9.59 Å². The Hall–Kier alpha value is -2.40. The topological polar surface area (TPSA) is 102 Å². The van der Waals surface area contributed by atoms with E-state index in [2.05, 4.69) is 21.8 Å². The average molecular weight is 555 g/mol. The van der Waals surface area contributed by atoms with Crippen LogP contribution in [0.25, 0.3) is 11.5 Å². The lowest BCUT2D eigenvalue weighted by Crippen LogP contribution is -2.40. The van der Waals surface area contributed by atoms with Gasteiger partial charge in [-0.25, -0.2) is 14.8 Å². The number of aromatic amines is 1. The molecule has 1 aliphatic heterocycles. The van der Waals surface area contributed by atoms with Crippen LogP contribution in [0.15, 0.2) is 12.4 Å². The molecule has 194 valence electrons. The number of H-pyrrole nitrogens is 1. The Morgan fingerprint density at radius 1 is 1.28 bits per heavy atom. The Labute approximate surface area is 223 Å². The maximum atomic E-state index is 12.9. The van der Waals surface area contributed by atoms with E-state index in [4.69, 9.17) is 37.7 Å². The van der Waals surface area contributed by atoms with E-state index in [1.165, 1.54) is 18.4 Å². The summed E-state index contributed by atoms with van der Waals surface area (Å²) in [7, 11) is 3.00. The number of aryl methyl sites for hydroxylation is 1. The number of aromatic nitrogens is 4. The molecule has 3 aromatic rings. The molecule has 0 amide bonds. The van der Waals surface area contributed by atoms with E-state index >= 15 is 0 Å². The van der Waals surface area contributed by atoms with Gasteiger partial charge in [0.25, 0.3) is 0 Å². The zero-order valence-electron chi connectivity index (χ0n) is 20.6. The Morgan fingerprint density at radius 3 is 2.69 bits per heavy atom. The number of nitrogens with zero attached hydrogens (tertiary/aromatic N) is 4. The highest BCUT2D eigenvalue weighted by molar-refractivity contribution is 7.17. The van der Waals surface area contributed by atoms with Gasteiger partial charge >= 0.3 is 5.97 Å². The highest BCUT2D eigenvalue weighted by Gasteiger charge is 2.32. The molecule has 0 aromatic carbocycles. The van der Waals surface area contributed by atoms with Gasteiger partial charge in [0.1, 0.15) is 16.3 Å². The molecule has 1 fully saturated rings. The summed E-state index contributed by atoms with van der Waals surface area (Å²) in [5.74, 6) is 0.540. The van der Waals surface area contributed by atoms with Gasteiger partial charge in [-0.3, -0.25) is 4.79 Å². The second-order valence-corrected chi connectivity index (χ2v) is 10.7. The number of carbonyl (C=O) groups excluding carboxylic acids is 2. The van der Waals surface area contributed by atoms with Crippen molar-refractivity contribution >= 4 is 51.4 Å². The van der Waals surface area contributed by atoms with Crippen molar-refractivity contribution in [3.05, 3.63) is 38.7 Å². The van der Waals surface area contributed by atoms with Gasteiger partial charge in [-0.2, -0.15) is 0 Å². The number of esters is 1. The predicted octanol–water partition coefficient (Wildman–Crippen LogP) is 5.12. The van der Waals surface area contributed by atoms with Crippen LogP contribution in [-0.2, 0) is 16.0 Å². The van der Waals surface area contributed by atoms with Crippen molar-refractivity contribution in [2.45, 2.75) is 33.2 Å². The SMILES string of the molecule is COCCn1ccnc1-c1nc(N2CC[C@@H](CC(=O)c3[nH]c(C)c(Cl)c3Cl)[C@@H](C)C2)sc1C(=O)OC. The van der Waals surface area contributed by atoms with Crippen LogP contribution >= 0.6 is 34.5 Å². The molecular formula is C24H29Cl2N5O4S. The lowest BCUT2D eigenvalue weighted by atomic mass is 9.83. The zero-order valence-corrected chi connectivity index (χ0v) is 23.0. The van der Waals surface area contributed by atoms with E-state index in [0.29, 0.717) is 70.5 Å². The molecule has 1 N–H and O–H groups in total. The maximum absolute atomic E-state index is 12.9. The number of ether oxygens (including phenoxy) is 2. The number of anilines is 1. The Bertz CT molecular complexity index is 1250. The van der Waals surface area contributed by atoms with E-state index in [0.717, 1.165) is 11.6 Å². The summed E-state index contributed by atoms with van der Waals surface area (Å²) in [5, 5.41) is 1.42. The van der Waals surface area contributed by atoms with Crippen LogP contribution in [-0.4, -0.2) is 65.2 Å². The lowest BCUT2D eigenvalue weighted by molar-refractivity contribution is 0.0606. The number of rotatable bonds is 9. The fourth-order valence-corrected chi connectivity index (χ4v) is 5.95. The molecule has 0 radical (unpaired) electrons. The second kappa shape index (κ2) is 11.3. The third-order valence-electron chi connectivity index (χ3n) is 6.58. The Balaban J connectivity index is 1.51. The molecule has 0 unspecified atom stereocenters. The van der Waals surface area contributed by atoms with Gasteiger partial charge in [0.15, 0.2) is 16.7 Å². The van der Waals surface area contributed by atoms with Gasteiger partial charge in [-0.15, -0.1) is 0 Å². The third-order valence-corrected chi connectivity index (χ3v) is 8.63. The van der Waals surface area contributed by atoms with Gasteiger partial charge in [-0.1, -0.05) is 41.5 Å². The smallest absolute Gasteiger partial charge is 0.350 e. The van der Waals surface area contributed by atoms with Crippen LogP contribution in [0.1, 0.15) is 45.6 Å². The van der Waals surface area contributed by atoms with Crippen LogP contribution in [0.2, 0.25) is 10.0 Å². The number of piperidine rings is 1. The number of thiazole rings is 1. The molecule has 4 heterocycles. The molecule has 36 heavy (non-hydrogen) atoms. The van der Waals surface area contributed by atoms with Crippen LogP contribution in [0, 0.1) is 18.8 Å². The minimum Gasteiger partial charge on any atom is -0.465 e. The van der Waals surface area contributed by atoms with E-state index in [1.807, 2.05) is 10.8 Å². The third kappa shape index (κ3) is 5.32. The lowest BCUT2D eigenvalue weighted by Gasteiger charge is -2.36. The number of carbonyl (C=O) groups is 2. The van der Waals surface area contributed by atoms with Gasteiger partial charge < -0.3 is 23.9 Å². The first kappa shape index (κ1) is 26.7. The number of imidazole rings is 1. The summed E-state index contributed by atoms with van der Waals surface area (Å²) in [4.78, 5) is 40.4. The molecule has 12 heteroatoms. The van der Waals surface area contributed by atoms with Gasteiger partial charge in [-0.05, 0) is 25.2 Å². The fourth-order valence-electron chi connectivity index (χ4n) is 4.50. The van der Waals surface area contributed by atoms with Crippen LogP contribution in [0.3, 0.4) is 0 Å². The molecule has 0 bridgehead atoms. The minimum atomic E-state index is -0.444. The highest BCUT2D eigenvalue weighted by atomic mass is 35.5. The first-order valence-corrected chi connectivity index (χ1v) is 13.2. The number of methoxy groups -OCH3 is 2. The minimum absolute atomic E-state index is 0.0345. The number of ketones is 1. The predicted molar refractivity (Wildman–Crippen MR) is 141 cm³/mol. The molecule has 4 rings (SSSR count).